The molecule has 0 fully saturated rings. The SMILES string of the molecule is Cc1cc(C)c2c(c1)c(C)cc1nnc(SCC(=O)c3ccc4c(c3)NC(=O)CO4)n12. The van der Waals surface area contributed by atoms with Gasteiger partial charge in [-0.05, 0) is 62.2 Å². The quantitative estimate of drug-likeness (QED) is 0.386. The Kier molecular flexibility index (Phi) is 4.66. The van der Waals surface area contributed by atoms with Gasteiger partial charge in [-0.1, -0.05) is 23.4 Å². The van der Waals surface area contributed by atoms with E-state index in [0.29, 0.717) is 22.2 Å². The minimum Gasteiger partial charge on any atom is -0.482 e. The Labute approximate surface area is 182 Å². The van der Waals surface area contributed by atoms with Crippen LogP contribution in [-0.2, 0) is 4.79 Å². The summed E-state index contributed by atoms with van der Waals surface area (Å²) in [4.78, 5) is 24.4. The van der Waals surface area contributed by atoms with E-state index in [9.17, 15) is 9.59 Å². The van der Waals surface area contributed by atoms with E-state index in [1.165, 1.54) is 17.3 Å². The molecule has 0 radical (unpaired) electrons. The summed E-state index contributed by atoms with van der Waals surface area (Å²) in [5.74, 6) is 0.483. The fraction of sp³-hybridized carbons (Fsp3) is 0.217. The molecule has 5 rings (SSSR count). The maximum Gasteiger partial charge on any atom is 0.262 e. The van der Waals surface area contributed by atoms with Gasteiger partial charge in [-0.3, -0.25) is 14.0 Å². The normalized spacial score (nSPS) is 13.2. The summed E-state index contributed by atoms with van der Waals surface area (Å²) < 4.78 is 7.38. The minimum absolute atomic E-state index is 0.0114. The fourth-order valence-electron chi connectivity index (χ4n) is 3.98. The molecule has 4 aromatic rings. The number of Topliss-reactive ketones (excluding diaryl/α,β-unsaturated/α-hetero) is 1. The van der Waals surface area contributed by atoms with E-state index in [1.807, 2.05) is 10.5 Å². The van der Waals surface area contributed by atoms with Crippen LogP contribution in [0, 0.1) is 20.8 Å². The number of fused-ring (bicyclic) bond motifs is 4. The van der Waals surface area contributed by atoms with Crippen molar-refractivity contribution >= 4 is 45.7 Å². The summed E-state index contributed by atoms with van der Waals surface area (Å²) >= 11 is 1.35. The van der Waals surface area contributed by atoms with Gasteiger partial charge in [0.1, 0.15) is 5.75 Å². The van der Waals surface area contributed by atoms with Gasteiger partial charge in [0.25, 0.3) is 5.91 Å². The molecule has 1 amide bonds. The lowest BCUT2D eigenvalue weighted by Crippen LogP contribution is -2.25. The second-order valence-electron chi connectivity index (χ2n) is 7.74. The van der Waals surface area contributed by atoms with Crippen LogP contribution in [0.4, 0.5) is 5.69 Å². The van der Waals surface area contributed by atoms with E-state index in [0.717, 1.165) is 27.7 Å². The first-order chi connectivity index (χ1) is 14.9. The van der Waals surface area contributed by atoms with Crippen molar-refractivity contribution in [2.45, 2.75) is 25.9 Å². The smallest absolute Gasteiger partial charge is 0.262 e. The Morgan fingerprint density at radius 1 is 1.13 bits per heavy atom. The van der Waals surface area contributed by atoms with E-state index in [4.69, 9.17) is 4.74 Å². The van der Waals surface area contributed by atoms with Crippen LogP contribution in [-0.4, -0.2) is 38.6 Å². The average molecular weight is 433 g/mol. The van der Waals surface area contributed by atoms with Crippen LogP contribution in [0.15, 0.2) is 41.6 Å². The van der Waals surface area contributed by atoms with Crippen molar-refractivity contribution in [1.29, 1.82) is 0 Å². The molecule has 1 aliphatic heterocycles. The Bertz CT molecular complexity index is 1390. The van der Waals surface area contributed by atoms with Crippen LogP contribution in [0.25, 0.3) is 16.6 Å². The number of carbonyl (C=O) groups excluding carboxylic acids is 2. The number of thioether (sulfide) groups is 1. The molecule has 2 aromatic carbocycles. The summed E-state index contributed by atoms with van der Waals surface area (Å²) in [5, 5.41) is 13.2. The van der Waals surface area contributed by atoms with Crippen LogP contribution in [0.5, 0.6) is 5.75 Å². The van der Waals surface area contributed by atoms with E-state index in [1.54, 1.807) is 18.2 Å². The van der Waals surface area contributed by atoms with E-state index < -0.39 is 0 Å². The molecule has 1 aliphatic rings. The number of ketones is 1. The second-order valence-corrected chi connectivity index (χ2v) is 8.68. The van der Waals surface area contributed by atoms with Gasteiger partial charge in [0.05, 0.1) is 17.0 Å². The standard InChI is InChI=1S/C23H20N4O3S/c1-12-6-14(3)22-16(7-12)13(2)8-20-25-26-23(27(20)22)31-11-18(28)15-4-5-19-17(9-15)24-21(29)10-30-19/h4-9H,10-11H2,1-3H3,(H,24,29). The number of amides is 1. The summed E-state index contributed by atoms with van der Waals surface area (Å²) in [6, 6.07) is 11.4. The first-order valence-corrected chi connectivity index (χ1v) is 10.9. The average Bonchev–Trinajstić information content (AvgIpc) is 3.13. The zero-order valence-electron chi connectivity index (χ0n) is 17.4. The predicted octanol–water partition coefficient (Wildman–Crippen LogP) is 4.11. The molecule has 0 saturated carbocycles. The number of anilines is 1. The van der Waals surface area contributed by atoms with Gasteiger partial charge in [-0.25, -0.2) is 0 Å². The van der Waals surface area contributed by atoms with Gasteiger partial charge in [0, 0.05) is 10.9 Å². The molecule has 0 unspecified atom stereocenters. The monoisotopic (exact) mass is 432 g/mol. The molecular formula is C23H20N4O3S. The Morgan fingerprint density at radius 3 is 2.81 bits per heavy atom. The molecule has 3 heterocycles. The maximum absolute atomic E-state index is 12.8. The third kappa shape index (κ3) is 3.42. The highest BCUT2D eigenvalue weighted by Crippen LogP contribution is 2.31. The molecule has 0 atom stereocenters. The van der Waals surface area contributed by atoms with Crippen molar-refractivity contribution in [3.63, 3.8) is 0 Å². The zero-order valence-corrected chi connectivity index (χ0v) is 18.2. The third-order valence-corrected chi connectivity index (χ3v) is 6.29. The highest BCUT2D eigenvalue weighted by Gasteiger charge is 2.19. The van der Waals surface area contributed by atoms with Crippen LogP contribution >= 0.6 is 11.8 Å². The van der Waals surface area contributed by atoms with Gasteiger partial charge in [-0.15, -0.1) is 10.2 Å². The summed E-state index contributed by atoms with van der Waals surface area (Å²) in [6.45, 7) is 6.23. The van der Waals surface area contributed by atoms with Gasteiger partial charge < -0.3 is 10.1 Å². The van der Waals surface area contributed by atoms with Gasteiger partial charge in [0.15, 0.2) is 23.2 Å². The first kappa shape index (κ1) is 19.6. The van der Waals surface area contributed by atoms with Crippen molar-refractivity contribution in [2.75, 3.05) is 17.7 Å². The van der Waals surface area contributed by atoms with Crippen molar-refractivity contribution in [3.8, 4) is 5.75 Å². The molecule has 8 heteroatoms. The lowest BCUT2D eigenvalue weighted by Gasteiger charge is -2.18. The molecule has 1 N–H and O–H groups in total. The van der Waals surface area contributed by atoms with Crippen LogP contribution in [0.3, 0.4) is 0 Å². The molecule has 31 heavy (non-hydrogen) atoms. The number of carbonyl (C=O) groups is 2. The highest BCUT2D eigenvalue weighted by atomic mass is 32.2. The van der Waals surface area contributed by atoms with E-state index >= 15 is 0 Å². The second kappa shape index (κ2) is 7.39. The summed E-state index contributed by atoms with van der Waals surface area (Å²) in [5.41, 5.74) is 6.35. The topological polar surface area (TPSA) is 85.6 Å². The number of ether oxygens (including phenoxy) is 1. The number of aryl methyl sites for hydroxylation is 3. The summed E-state index contributed by atoms with van der Waals surface area (Å²) in [7, 11) is 0. The lowest BCUT2D eigenvalue weighted by molar-refractivity contribution is -0.118. The molecule has 0 saturated heterocycles. The summed E-state index contributed by atoms with van der Waals surface area (Å²) in [6.07, 6.45) is 0. The largest absolute Gasteiger partial charge is 0.482 e. The highest BCUT2D eigenvalue weighted by molar-refractivity contribution is 7.99. The molecule has 156 valence electrons. The van der Waals surface area contributed by atoms with Gasteiger partial charge in [0.2, 0.25) is 0 Å². The van der Waals surface area contributed by atoms with Crippen molar-refractivity contribution in [3.05, 3.63) is 58.7 Å². The van der Waals surface area contributed by atoms with Crippen LogP contribution in [0.1, 0.15) is 27.0 Å². The van der Waals surface area contributed by atoms with Crippen LogP contribution < -0.4 is 10.1 Å². The minimum atomic E-state index is -0.228. The molecular weight excluding hydrogens is 412 g/mol. The maximum atomic E-state index is 12.8. The van der Waals surface area contributed by atoms with Gasteiger partial charge in [-0.2, -0.15) is 0 Å². The van der Waals surface area contributed by atoms with E-state index in [-0.39, 0.29) is 24.1 Å². The Balaban J connectivity index is 1.46. The zero-order chi connectivity index (χ0) is 21.7. The fourth-order valence-corrected chi connectivity index (χ4v) is 4.82. The Hall–Kier alpha value is -3.39. The Morgan fingerprint density at radius 2 is 1.97 bits per heavy atom. The number of nitrogens with one attached hydrogen (secondary N) is 1. The molecule has 0 bridgehead atoms. The van der Waals surface area contributed by atoms with Crippen molar-refractivity contribution in [2.24, 2.45) is 0 Å². The molecule has 0 aliphatic carbocycles. The number of nitrogens with zero attached hydrogens (tertiary/aromatic N) is 3. The number of pyridine rings is 1. The third-order valence-electron chi connectivity index (χ3n) is 5.36. The molecule has 0 spiro atoms. The van der Waals surface area contributed by atoms with Gasteiger partial charge >= 0.3 is 0 Å². The predicted molar refractivity (Wildman–Crippen MR) is 120 cm³/mol. The van der Waals surface area contributed by atoms with Crippen molar-refractivity contribution in [1.82, 2.24) is 14.6 Å². The molecule has 2 aromatic heterocycles. The van der Waals surface area contributed by atoms with E-state index in [2.05, 4.69) is 48.4 Å². The number of hydrogen-bond donors (Lipinski definition) is 1. The van der Waals surface area contributed by atoms with Crippen molar-refractivity contribution < 1.29 is 14.3 Å². The van der Waals surface area contributed by atoms with Crippen LogP contribution in [0.2, 0.25) is 0 Å². The number of hydrogen-bond acceptors (Lipinski definition) is 6. The first-order valence-electron chi connectivity index (χ1n) is 9.89. The number of rotatable bonds is 4. The lowest BCUT2D eigenvalue weighted by atomic mass is 10.0. The number of benzene rings is 2. The molecule has 7 nitrogen and oxygen atoms in total. The number of aromatic nitrogens is 3.